The molecule has 1 amide bonds. The zero-order valence-electron chi connectivity index (χ0n) is 24.4. The number of fused-ring (bicyclic) bond motifs is 3. The van der Waals surface area contributed by atoms with Gasteiger partial charge in [0.2, 0.25) is 5.95 Å². The topological polar surface area (TPSA) is 97.2 Å². The van der Waals surface area contributed by atoms with Gasteiger partial charge in [0.05, 0.1) is 29.9 Å². The molecule has 2 aliphatic carbocycles. The summed E-state index contributed by atoms with van der Waals surface area (Å²) >= 11 is 6.61. The van der Waals surface area contributed by atoms with Crippen molar-refractivity contribution in [2.24, 2.45) is 7.05 Å². The average molecular weight is 586 g/mol. The highest BCUT2D eigenvalue weighted by atomic mass is 35.5. The van der Waals surface area contributed by atoms with E-state index in [-0.39, 0.29) is 11.9 Å². The highest BCUT2D eigenvalue weighted by Gasteiger charge is 2.28. The molecule has 0 saturated heterocycles. The Morgan fingerprint density at radius 1 is 1.10 bits per heavy atom. The number of halogens is 1. The maximum Gasteiger partial charge on any atom is 0.251 e. The van der Waals surface area contributed by atoms with Crippen molar-refractivity contribution < 1.29 is 9.53 Å². The summed E-state index contributed by atoms with van der Waals surface area (Å²) in [6, 6.07) is 14.0. The second-order valence-electron chi connectivity index (χ2n) is 11.3. The lowest BCUT2D eigenvalue weighted by molar-refractivity contribution is 0.0916. The summed E-state index contributed by atoms with van der Waals surface area (Å²) < 4.78 is 7.56. The summed E-state index contributed by atoms with van der Waals surface area (Å²) in [5, 5.41) is 12.0. The van der Waals surface area contributed by atoms with Gasteiger partial charge in [0.15, 0.2) is 0 Å². The number of nitrogens with one attached hydrogen (secondary N) is 2. The van der Waals surface area contributed by atoms with Crippen molar-refractivity contribution in [1.29, 1.82) is 0 Å². The third-order valence-corrected chi connectivity index (χ3v) is 8.78. The fourth-order valence-corrected chi connectivity index (χ4v) is 6.37. The first-order valence-corrected chi connectivity index (χ1v) is 14.8. The molecule has 2 aromatic carbocycles. The number of aromatic nitrogens is 4. The molecule has 0 aliphatic heterocycles. The van der Waals surface area contributed by atoms with Crippen LogP contribution in [-0.2, 0) is 19.9 Å². The molecule has 4 aromatic rings. The molecule has 2 aromatic heterocycles. The monoisotopic (exact) mass is 585 g/mol. The Kier molecular flexibility index (Phi) is 7.88. The van der Waals surface area contributed by atoms with Crippen LogP contribution >= 0.6 is 11.6 Å². The number of hydrogen-bond acceptors (Lipinski definition) is 7. The Morgan fingerprint density at radius 3 is 2.62 bits per heavy atom. The van der Waals surface area contributed by atoms with E-state index >= 15 is 0 Å². The zero-order chi connectivity index (χ0) is 29.4. The minimum Gasteiger partial charge on any atom is -0.495 e. The number of rotatable bonds is 7. The maximum absolute atomic E-state index is 13.1. The van der Waals surface area contributed by atoms with E-state index in [1.54, 1.807) is 19.2 Å². The average Bonchev–Trinajstić information content (AvgIpc) is 3.33. The largest absolute Gasteiger partial charge is 0.495 e. The highest BCUT2D eigenvalue weighted by Crippen LogP contribution is 2.42. The van der Waals surface area contributed by atoms with Crippen LogP contribution in [0.4, 0.5) is 11.6 Å². The van der Waals surface area contributed by atoms with Crippen molar-refractivity contribution in [3.8, 4) is 28.3 Å². The zero-order valence-corrected chi connectivity index (χ0v) is 25.2. The Bertz CT molecular complexity index is 1630. The molecule has 2 aliphatic rings. The van der Waals surface area contributed by atoms with E-state index in [4.69, 9.17) is 26.4 Å². The quantitative estimate of drug-likeness (QED) is 0.289. The van der Waals surface area contributed by atoms with Crippen molar-refractivity contribution >= 4 is 29.1 Å². The Labute approximate surface area is 251 Å². The smallest absolute Gasteiger partial charge is 0.251 e. The molecule has 42 heavy (non-hydrogen) atoms. The summed E-state index contributed by atoms with van der Waals surface area (Å²) in [6.45, 7) is 0. The number of ether oxygens (including phenoxy) is 1. The third kappa shape index (κ3) is 5.46. The van der Waals surface area contributed by atoms with Crippen LogP contribution < -0.4 is 15.4 Å². The van der Waals surface area contributed by atoms with Crippen LogP contribution in [0.3, 0.4) is 0 Å². The fraction of sp³-hybridized carbons (Fsp3) is 0.375. The first kappa shape index (κ1) is 28.2. The molecule has 2 heterocycles. The molecule has 218 valence electrons. The van der Waals surface area contributed by atoms with Gasteiger partial charge in [0.25, 0.3) is 5.91 Å². The van der Waals surface area contributed by atoms with Crippen LogP contribution in [0.2, 0.25) is 5.02 Å². The number of carbonyl (C=O) groups is 1. The van der Waals surface area contributed by atoms with Gasteiger partial charge in [-0.15, -0.1) is 0 Å². The minimum absolute atomic E-state index is 0.0885. The predicted octanol–water partition coefficient (Wildman–Crippen LogP) is 5.65. The van der Waals surface area contributed by atoms with Gasteiger partial charge in [-0.3, -0.25) is 9.48 Å². The first-order chi connectivity index (χ1) is 20.3. The molecular weight excluding hydrogens is 550 g/mol. The third-order valence-electron chi connectivity index (χ3n) is 8.45. The fourth-order valence-electron chi connectivity index (χ4n) is 6.15. The van der Waals surface area contributed by atoms with Crippen LogP contribution in [0.1, 0.15) is 47.3 Å². The number of benzene rings is 2. The molecule has 6 rings (SSSR count). The van der Waals surface area contributed by atoms with Crippen molar-refractivity contribution in [3.05, 3.63) is 70.5 Å². The standard InChI is InChI=1S/C32H36ClN7O2/c1-39(2)22-13-11-21(12-14-22)35-31(41)19-9-15-25(27(17-19)42-4)36-32-34-18-20-10-16-26-28(29(20)37-32)30(40(3)38-26)23-7-5-6-8-24(23)33/h5-9,15,17-18,21-22H,10-14,16H2,1-4H3,(H,35,41)(H,34,36,37). The molecule has 1 fully saturated rings. The van der Waals surface area contributed by atoms with Gasteiger partial charge in [0, 0.05) is 47.0 Å². The van der Waals surface area contributed by atoms with Crippen molar-refractivity contribution in [1.82, 2.24) is 30.0 Å². The molecule has 1 saturated carbocycles. The summed E-state index contributed by atoms with van der Waals surface area (Å²) in [5.41, 5.74) is 6.96. The summed E-state index contributed by atoms with van der Waals surface area (Å²) in [7, 11) is 7.77. The summed E-state index contributed by atoms with van der Waals surface area (Å²) in [6.07, 6.45) is 7.64. The molecule has 0 atom stereocenters. The number of carbonyl (C=O) groups excluding carboxylic acids is 1. The molecular formula is C32H36ClN7O2. The summed E-state index contributed by atoms with van der Waals surface area (Å²) in [5.74, 6) is 0.886. The number of anilines is 2. The van der Waals surface area contributed by atoms with Gasteiger partial charge in [-0.2, -0.15) is 5.10 Å². The molecule has 0 spiro atoms. The lowest BCUT2D eigenvalue weighted by Crippen LogP contribution is -2.41. The second kappa shape index (κ2) is 11.7. The molecule has 0 radical (unpaired) electrons. The van der Waals surface area contributed by atoms with E-state index < -0.39 is 0 Å². The van der Waals surface area contributed by atoms with E-state index in [1.807, 2.05) is 48.3 Å². The lowest BCUT2D eigenvalue weighted by Gasteiger charge is -2.33. The van der Waals surface area contributed by atoms with Crippen molar-refractivity contribution in [2.45, 2.75) is 50.6 Å². The van der Waals surface area contributed by atoms with Crippen molar-refractivity contribution in [2.75, 3.05) is 26.5 Å². The second-order valence-corrected chi connectivity index (χ2v) is 11.7. The predicted molar refractivity (Wildman–Crippen MR) is 166 cm³/mol. The molecule has 0 bridgehead atoms. The van der Waals surface area contributed by atoms with Crippen LogP contribution in [0.15, 0.2) is 48.7 Å². The molecule has 0 unspecified atom stereocenters. The molecule has 10 heteroatoms. The van der Waals surface area contributed by atoms with Gasteiger partial charge < -0.3 is 20.3 Å². The van der Waals surface area contributed by atoms with E-state index in [0.717, 1.165) is 72.3 Å². The van der Waals surface area contributed by atoms with E-state index in [0.29, 0.717) is 34.0 Å². The maximum atomic E-state index is 13.1. The Hall–Kier alpha value is -3.95. The van der Waals surface area contributed by atoms with E-state index in [2.05, 4.69) is 34.6 Å². The van der Waals surface area contributed by atoms with Gasteiger partial charge in [0.1, 0.15) is 5.75 Å². The Morgan fingerprint density at radius 2 is 1.88 bits per heavy atom. The Balaban J connectivity index is 1.24. The number of amides is 1. The highest BCUT2D eigenvalue weighted by molar-refractivity contribution is 6.33. The van der Waals surface area contributed by atoms with E-state index in [9.17, 15) is 4.79 Å². The van der Waals surface area contributed by atoms with Crippen molar-refractivity contribution in [3.63, 3.8) is 0 Å². The van der Waals surface area contributed by atoms with Gasteiger partial charge in [-0.05, 0) is 82.4 Å². The minimum atomic E-state index is -0.0885. The van der Waals surface area contributed by atoms with Gasteiger partial charge >= 0.3 is 0 Å². The number of aryl methyl sites for hydroxylation is 3. The molecule has 2 N–H and O–H groups in total. The number of nitrogens with zero attached hydrogens (tertiary/aromatic N) is 5. The number of hydrogen-bond donors (Lipinski definition) is 2. The van der Waals surface area contributed by atoms with Gasteiger partial charge in [-0.25, -0.2) is 9.97 Å². The normalized spacial score (nSPS) is 17.9. The van der Waals surface area contributed by atoms with Crippen LogP contribution in [0.25, 0.3) is 22.5 Å². The van der Waals surface area contributed by atoms with Crippen LogP contribution in [0.5, 0.6) is 5.75 Å². The number of methoxy groups -OCH3 is 1. The lowest BCUT2D eigenvalue weighted by atomic mass is 9.90. The summed E-state index contributed by atoms with van der Waals surface area (Å²) in [4.78, 5) is 24.9. The van der Waals surface area contributed by atoms with Crippen LogP contribution in [0, 0.1) is 0 Å². The van der Waals surface area contributed by atoms with Crippen LogP contribution in [-0.4, -0.2) is 63.8 Å². The van der Waals surface area contributed by atoms with E-state index in [1.165, 1.54) is 0 Å². The first-order valence-electron chi connectivity index (χ1n) is 14.4. The van der Waals surface area contributed by atoms with Gasteiger partial charge in [-0.1, -0.05) is 29.8 Å². The SMILES string of the molecule is COc1cc(C(=O)NC2CCC(N(C)C)CC2)ccc1Nc1ncc2c(n1)-c1c(nn(C)c1-c1ccccc1Cl)CC2. The molecule has 9 nitrogen and oxygen atoms in total.